The lowest BCUT2D eigenvalue weighted by atomic mass is 10.2. The number of carboxylic acids is 1. The van der Waals surface area contributed by atoms with Crippen molar-refractivity contribution < 1.29 is 23.7 Å². The molecule has 9 heteroatoms. The van der Waals surface area contributed by atoms with Crippen LogP contribution in [0, 0.1) is 0 Å². The summed E-state index contributed by atoms with van der Waals surface area (Å²) in [6.45, 7) is 0. The molecule has 1 aromatic heterocycles. The predicted molar refractivity (Wildman–Crippen MR) is 81.8 cm³/mol. The minimum absolute atomic E-state index is 0.186. The third-order valence-corrected chi connectivity index (χ3v) is 4.39. The van der Waals surface area contributed by atoms with Crippen LogP contribution in [0.15, 0.2) is 22.5 Å². The number of nitrogens with zero attached hydrogens (tertiary/aromatic N) is 1. The second-order valence-electron chi connectivity index (χ2n) is 4.17. The molecule has 7 nitrogen and oxygen atoms in total. The summed E-state index contributed by atoms with van der Waals surface area (Å²) in [5.41, 5.74) is 1.13. The van der Waals surface area contributed by atoms with E-state index in [1.54, 1.807) is 25.2 Å². The molecule has 0 aliphatic carbocycles. The third kappa shape index (κ3) is 4.18. The minimum atomic E-state index is -1.05. The van der Waals surface area contributed by atoms with E-state index in [4.69, 9.17) is 9.29 Å². The zero-order valence-electron chi connectivity index (χ0n) is 11.5. The van der Waals surface area contributed by atoms with E-state index in [1.807, 2.05) is 0 Å². The lowest BCUT2D eigenvalue weighted by Crippen LogP contribution is -2.17. The van der Waals surface area contributed by atoms with E-state index < -0.39 is 11.9 Å². The largest absolute Gasteiger partial charge is 0.481 e. The molecule has 0 aliphatic heterocycles. The van der Waals surface area contributed by atoms with Gasteiger partial charge in [0.05, 0.1) is 23.1 Å². The number of amides is 1. The van der Waals surface area contributed by atoms with Crippen molar-refractivity contribution in [2.75, 3.05) is 7.05 Å². The topological polar surface area (TPSA) is 106 Å². The number of hydrogen-bond acceptors (Lipinski definition) is 7. The molecule has 0 aliphatic rings. The van der Waals surface area contributed by atoms with Gasteiger partial charge in [-0.05, 0) is 18.2 Å². The van der Waals surface area contributed by atoms with Crippen LogP contribution in [0.25, 0.3) is 10.2 Å². The normalized spacial score (nSPS) is 10.4. The summed E-state index contributed by atoms with van der Waals surface area (Å²) >= 11 is 2.11. The molecule has 0 saturated carbocycles. The Morgan fingerprint density at radius 2 is 2.14 bits per heavy atom. The van der Waals surface area contributed by atoms with Crippen LogP contribution in [0.4, 0.5) is 0 Å². The van der Waals surface area contributed by atoms with Crippen LogP contribution in [0.2, 0.25) is 0 Å². The van der Waals surface area contributed by atoms with Gasteiger partial charge in [-0.15, -0.1) is 11.3 Å². The van der Waals surface area contributed by atoms with Crippen molar-refractivity contribution in [3.05, 3.63) is 23.8 Å². The van der Waals surface area contributed by atoms with Gasteiger partial charge in [0, 0.05) is 12.6 Å². The second-order valence-corrected chi connectivity index (χ2v) is 6.18. The van der Waals surface area contributed by atoms with Crippen molar-refractivity contribution in [3.8, 4) is 0 Å². The van der Waals surface area contributed by atoms with E-state index in [9.17, 15) is 14.4 Å². The Hall–Kier alpha value is -2.13. The number of fused-ring (bicyclic) bond motifs is 1. The van der Waals surface area contributed by atoms with Crippen molar-refractivity contribution in [3.63, 3.8) is 0 Å². The molecule has 0 unspecified atom stereocenters. The standard InChI is InChI=1S/C13H12N2O5S2/c1-14-12(19)7-2-3-9-8(6-7)15-13(21-9)22-20-11(18)5-4-10(16)17/h2-3,6H,4-5H2,1H3,(H,14,19)(H,16,17). The van der Waals surface area contributed by atoms with Gasteiger partial charge in [-0.25, -0.2) is 4.98 Å². The Bertz CT molecular complexity index is 728. The van der Waals surface area contributed by atoms with Gasteiger partial charge >= 0.3 is 11.9 Å². The van der Waals surface area contributed by atoms with Crippen LogP contribution in [0.1, 0.15) is 23.2 Å². The van der Waals surface area contributed by atoms with Crippen LogP contribution in [-0.4, -0.2) is 35.0 Å². The van der Waals surface area contributed by atoms with Gasteiger partial charge in [0.1, 0.15) is 12.0 Å². The highest BCUT2D eigenvalue weighted by Gasteiger charge is 2.12. The first kappa shape index (κ1) is 16.2. The number of nitrogens with one attached hydrogen (secondary N) is 1. The fourth-order valence-corrected chi connectivity index (χ4v) is 3.13. The van der Waals surface area contributed by atoms with Gasteiger partial charge in [0.25, 0.3) is 5.91 Å². The molecule has 0 bridgehead atoms. The molecular weight excluding hydrogens is 328 g/mol. The lowest BCUT2D eigenvalue weighted by Gasteiger charge is -1.98. The van der Waals surface area contributed by atoms with Crippen LogP contribution in [0.3, 0.4) is 0 Å². The Kier molecular flexibility index (Phi) is 5.34. The summed E-state index contributed by atoms with van der Waals surface area (Å²) < 4.78 is 6.26. The van der Waals surface area contributed by atoms with Crippen LogP contribution >= 0.6 is 23.4 Å². The molecule has 0 spiro atoms. The molecule has 116 valence electrons. The van der Waals surface area contributed by atoms with Crippen molar-refractivity contribution in [1.82, 2.24) is 10.3 Å². The number of carbonyl (C=O) groups is 3. The molecule has 0 atom stereocenters. The highest BCUT2D eigenvalue weighted by Crippen LogP contribution is 2.30. The summed E-state index contributed by atoms with van der Waals surface area (Å²) in [4.78, 5) is 37.5. The van der Waals surface area contributed by atoms with E-state index in [-0.39, 0.29) is 18.7 Å². The van der Waals surface area contributed by atoms with Crippen molar-refractivity contribution in [1.29, 1.82) is 0 Å². The molecular formula is C13H12N2O5S2. The SMILES string of the molecule is CNC(=O)c1ccc2sc(SOC(=O)CCC(=O)O)nc2c1. The van der Waals surface area contributed by atoms with E-state index in [1.165, 1.54) is 11.3 Å². The fraction of sp³-hybridized carbons (Fsp3) is 0.231. The van der Waals surface area contributed by atoms with Crippen molar-refractivity contribution in [2.45, 2.75) is 17.2 Å². The Morgan fingerprint density at radius 1 is 1.36 bits per heavy atom. The van der Waals surface area contributed by atoms with Gasteiger partial charge < -0.3 is 14.6 Å². The van der Waals surface area contributed by atoms with E-state index in [0.717, 1.165) is 16.7 Å². The number of rotatable bonds is 6. The first-order valence-corrected chi connectivity index (χ1v) is 7.77. The number of benzene rings is 1. The summed E-state index contributed by atoms with van der Waals surface area (Å²) in [5, 5.41) is 11.0. The van der Waals surface area contributed by atoms with Gasteiger partial charge in [-0.1, -0.05) is 0 Å². The summed E-state index contributed by atoms with van der Waals surface area (Å²) in [6, 6.07) is 5.11. The highest BCUT2D eigenvalue weighted by molar-refractivity contribution is 7.97. The minimum Gasteiger partial charge on any atom is -0.481 e. The maximum Gasteiger partial charge on any atom is 0.318 e. The van der Waals surface area contributed by atoms with Crippen molar-refractivity contribution >= 4 is 51.4 Å². The number of aliphatic carboxylic acids is 1. The first-order chi connectivity index (χ1) is 10.5. The quantitative estimate of drug-likeness (QED) is 0.775. The van der Waals surface area contributed by atoms with E-state index in [0.29, 0.717) is 15.4 Å². The van der Waals surface area contributed by atoms with Crippen LogP contribution < -0.4 is 5.32 Å². The maximum absolute atomic E-state index is 11.5. The summed E-state index contributed by atoms with van der Waals surface area (Å²) in [5.74, 6) is -1.87. The molecule has 1 heterocycles. The second kappa shape index (κ2) is 7.23. The van der Waals surface area contributed by atoms with E-state index in [2.05, 4.69) is 10.3 Å². The Balaban J connectivity index is 2.02. The van der Waals surface area contributed by atoms with Crippen LogP contribution in [-0.2, 0) is 13.8 Å². The zero-order valence-corrected chi connectivity index (χ0v) is 13.1. The summed E-state index contributed by atoms with van der Waals surface area (Å²) in [6.07, 6.45) is -0.456. The Morgan fingerprint density at radius 3 is 2.82 bits per heavy atom. The van der Waals surface area contributed by atoms with E-state index >= 15 is 0 Å². The smallest absolute Gasteiger partial charge is 0.318 e. The number of carboxylic acid groups (broad SMARTS) is 1. The highest BCUT2D eigenvalue weighted by atomic mass is 32.2. The Labute approximate surface area is 133 Å². The van der Waals surface area contributed by atoms with Crippen molar-refractivity contribution in [2.24, 2.45) is 0 Å². The molecule has 2 aromatic rings. The van der Waals surface area contributed by atoms with Gasteiger partial charge in [-0.2, -0.15) is 0 Å². The third-order valence-electron chi connectivity index (χ3n) is 2.61. The average Bonchev–Trinajstić information content (AvgIpc) is 2.91. The van der Waals surface area contributed by atoms with Gasteiger partial charge in [0.15, 0.2) is 4.34 Å². The molecule has 0 radical (unpaired) electrons. The molecule has 2 rings (SSSR count). The fourth-order valence-electron chi connectivity index (χ4n) is 1.56. The first-order valence-electron chi connectivity index (χ1n) is 6.21. The van der Waals surface area contributed by atoms with Gasteiger partial charge in [-0.3, -0.25) is 14.4 Å². The molecule has 0 saturated heterocycles. The predicted octanol–water partition coefficient (Wildman–Crippen LogP) is 2.07. The number of thiazole rings is 1. The molecule has 1 amide bonds. The van der Waals surface area contributed by atoms with Gasteiger partial charge in [0.2, 0.25) is 0 Å². The number of carbonyl (C=O) groups excluding carboxylic acids is 2. The maximum atomic E-state index is 11.5. The lowest BCUT2D eigenvalue weighted by molar-refractivity contribution is -0.141. The molecule has 2 N–H and O–H groups in total. The molecule has 22 heavy (non-hydrogen) atoms. The molecule has 0 fully saturated rings. The zero-order chi connectivity index (χ0) is 16.1. The average molecular weight is 340 g/mol. The monoisotopic (exact) mass is 340 g/mol. The van der Waals surface area contributed by atoms with Crippen LogP contribution in [0.5, 0.6) is 0 Å². The molecule has 1 aromatic carbocycles. The number of aromatic nitrogens is 1. The number of hydrogen-bond donors (Lipinski definition) is 2. The summed E-state index contributed by atoms with van der Waals surface area (Å²) in [7, 11) is 1.55.